The minimum absolute atomic E-state index is 0. The third-order valence-corrected chi connectivity index (χ3v) is 5.77. The van der Waals surface area contributed by atoms with Crippen LogP contribution in [0.4, 0.5) is 0 Å². The number of guanidine groups is 1. The van der Waals surface area contributed by atoms with Crippen molar-refractivity contribution in [2.45, 2.75) is 33.2 Å². The molecule has 164 valence electrons. The number of likely N-dealkylation sites (tertiary alicyclic amines) is 1. The van der Waals surface area contributed by atoms with E-state index in [2.05, 4.69) is 52.6 Å². The topological polar surface area (TPSA) is 58.1 Å². The number of nitrogens with one attached hydrogen (secondary N) is 2. The molecule has 2 aliphatic heterocycles. The Balaban J connectivity index is 0.00000300. The molecule has 0 bridgehead atoms. The van der Waals surface area contributed by atoms with Crippen LogP contribution in [0, 0.1) is 18.8 Å². The molecular formula is C22H37IN4O2. The highest BCUT2D eigenvalue weighted by atomic mass is 127. The van der Waals surface area contributed by atoms with Crippen molar-refractivity contribution < 1.29 is 9.47 Å². The van der Waals surface area contributed by atoms with E-state index in [0.29, 0.717) is 18.4 Å². The van der Waals surface area contributed by atoms with Gasteiger partial charge in [-0.2, -0.15) is 0 Å². The van der Waals surface area contributed by atoms with Crippen LogP contribution in [0.25, 0.3) is 0 Å². The Labute approximate surface area is 192 Å². The van der Waals surface area contributed by atoms with Gasteiger partial charge in [0.2, 0.25) is 0 Å². The quantitative estimate of drug-likeness (QED) is 0.316. The lowest BCUT2D eigenvalue weighted by atomic mass is 10.1. The van der Waals surface area contributed by atoms with Crippen molar-refractivity contribution >= 4 is 29.9 Å². The van der Waals surface area contributed by atoms with E-state index in [-0.39, 0.29) is 24.0 Å². The molecule has 2 N–H and O–H groups in total. The van der Waals surface area contributed by atoms with Gasteiger partial charge in [-0.05, 0) is 50.4 Å². The number of ether oxygens (including phenoxy) is 2. The lowest BCUT2D eigenvalue weighted by Crippen LogP contribution is -2.40. The summed E-state index contributed by atoms with van der Waals surface area (Å²) in [5.74, 6) is 3.02. The van der Waals surface area contributed by atoms with Crippen LogP contribution in [-0.4, -0.2) is 63.9 Å². The van der Waals surface area contributed by atoms with E-state index in [1.165, 1.54) is 25.1 Å². The molecule has 0 saturated carbocycles. The van der Waals surface area contributed by atoms with Crippen molar-refractivity contribution in [3.63, 3.8) is 0 Å². The predicted octanol–water partition coefficient (Wildman–Crippen LogP) is 3.04. The molecular weight excluding hydrogens is 479 g/mol. The lowest BCUT2D eigenvalue weighted by molar-refractivity contribution is 0.166. The highest BCUT2D eigenvalue weighted by molar-refractivity contribution is 14.0. The number of aryl methyl sites for hydroxylation is 1. The van der Waals surface area contributed by atoms with Crippen molar-refractivity contribution in [2.24, 2.45) is 16.8 Å². The fourth-order valence-corrected chi connectivity index (χ4v) is 3.87. The van der Waals surface area contributed by atoms with Gasteiger partial charge < -0.3 is 25.0 Å². The number of aliphatic imine (C=N–C) groups is 1. The number of rotatable bonds is 8. The molecule has 1 aromatic rings. The molecule has 2 atom stereocenters. The van der Waals surface area contributed by atoms with E-state index in [1.54, 1.807) is 0 Å². The fourth-order valence-electron chi connectivity index (χ4n) is 3.87. The average Bonchev–Trinajstić information content (AvgIpc) is 3.39. The second-order valence-corrected chi connectivity index (χ2v) is 8.01. The smallest absolute Gasteiger partial charge is 0.191 e. The van der Waals surface area contributed by atoms with Gasteiger partial charge in [-0.3, -0.25) is 4.99 Å². The Morgan fingerprint density at radius 3 is 2.83 bits per heavy atom. The first-order valence-electron chi connectivity index (χ1n) is 10.6. The van der Waals surface area contributed by atoms with Crippen LogP contribution < -0.4 is 15.4 Å². The Bertz CT molecular complexity index is 650. The third-order valence-electron chi connectivity index (χ3n) is 5.77. The standard InChI is InChI=1S/C22H36N4O2.HI/c1-4-26-9-7-18(14-26)12-24-22(23-3)25-13-20-6-5-17(2)11-21(20)28-16-19-8-10-27-15-19;/h5-6,11,18-19H,4,7-10,12-16H2,1-3H3,(H2,23,24,25);1H. The molecule has 0 aliphatic carbocycles. The fraction of sp³-hybridized carbons (Fsp3) is 0.682. The summed E-state index contributed by atoms with van der Waals surface area (Å²) in [5.41, 5.74) is 2.37. The van der Waals surface area contributed by atoms with Crippen LogP contribution in [0.15, 0.2) is 23.2 Å². The number of nitrogens with zero attached hydrogens (tertiary/aromatic N) is 2. The Kier molecular flexibility index (Phi) is 10.5. The molecule has 3 rings (SSSR count). The van der Waals surface area contributed by atoms with Crippen LogP contribution in [0.2, 0.25) is 0 Å². The van der Waals surface area contributed by atoms with Crippen molar-refractivity contribution in [3.05, 3.63) is 29.3 Å². The second kappa shape index (κ2) is 12.6. The average molecular weight is 516 g/mol. The molecule has 1 aromatic carbocycles. The van der Waals surface area contributed by atoms with Crippen LogP contribution in [0.5, 0.6) is 5.75 Å². The number of benzene rings is 1. The van der Waals surface area contributed by atoms with Gasteiger partial charge >= 0.3 is 0 Å². The Morgan fingerprint density at radius 2 is 2.14 bits per heavy atom. The maximum Gasteiger partial charge on any atom is 0.191 e. The molecule has 2 aliphatic rings. The van der Waals surface area contributed by atoms with Crippen molar-refractivity contribution in [1.82, 2.24) is 15.5 Å². The first kappa shape index (κ1) is 24.2. The zero-order valence-electron chi connectivity index (χ0n) is 18.1. The summed E-state index contributed by atoms with van der Waals surface area (Å²) in [6, 6.07) is 6.41. The largest absolute Gasteiger partial charge is 0.493 e. The molecule has 2 unspecified atom stereocenters. The molecule has 7 heteroatoms. The maximum atomic E-state index is 6.15. The molecule has 29 heavy (non-hydrogen) atoms. The summed E-state index contributed by atoms with van der Waals surface area (Å²) in [6.45, 7) is 11.9. The second-order valence-electron chi connectivity index (χ2n) is 8.01. The Morgan fingerprint density at radius 1 is 1.28 bits per heavy atom. The van der Waals surface area contributed by atoms with Crippen LogP contribution in [0.3, 0.4) is 0 Å². The van der Waals surface area contributed by atoms with E-state index in [4.69, 9.17) is 9.47 Å². The van der Waals surface area contributed by atoms with Gasteiger partial charge in [-0.25, -0.2) is 0 Å². The van der Waals surface area contributed by atoms with Crippen LogP contribution >= 0.6 is 24.0 Å². The molecule has 0 radical (unpaired) electrons. The maximum absolute atomic E-state index is 6.15. The van der Waals surface area contributed by atoms with E-state index in [0.717, 1.165) is 56.6 Å². The summed E-state index contributed by atoms with van der Waals surface area (Å²) in [4.78, 5) is 6.89. The van der Waals surface area contributed by atoms with Crippen LogP contribution in [0.1, 0.15) is 30.9 Å². The summed E-state index contributed by atoms with van der Waals surface area (Å²) < 4.78 is 11.6. The summed E-state index contributed by atoms with van der Waals surface area (Å²) >= 11 is 0. The first-order valence-corrected chi connectivity index (χ1v) is 10.6. The van der Waals surface area contributed by atoms with Gasteiger partial charge in [0, 0.05) is 44.8 Å². The predicted molar refractivity (Wildman–Crippen MR) is 129 cm³/mol. The molecule has 2 heterocycles. The van der Waals surface area contributed by atoms with Crippen molar-refractivity contribution in [2.75, 3.05) is 53.0 Å². The summed E-state index contributed by atoms with van der Waals surface area (Å²) in [6.07, 6.45) is 2.35. The highest BCUT2D eigenvalue weighted by Crippen LogP contribution is 2.22. The van der Waals surface area contributed by atoms with E-state index >= 15 is 0 Å². The zero-order chi connectivity index (χ0) is 19.8. The highest BCUT2D eigenvalue weighted by Gasteiger charge is 2.21. The molecule has 2 saturated heterocycles. The number of halogens is 1. The minimum Gasteiger partial charge on any atom is -0.493 e. The van der Waals surface area contributed by atoms with Gasteiger partial charge in [0.25, 0.3) is 0 Å². The number of hydrogen-bond donors (Lipinski definition) is 2. The van der Waals surface area contributed by atoms with Crippen molar-refractivity contribution in [1.29, 1.82) is 0 Å². The molecule has 6 nitrogen and oxygen atoms in total. The van der Waals surface area contributed by atoms with E-state index in [9.17, 15) is 0 Å². The van der Waals surface area contributed by atoms with Gasteiger partial charge in [0.05, 0.1) is 13.2 Å². The molecule has 0 spiro atoms. The monoisotopic (exact) mass is 516 g/mol. The Hall–Kier alpha value is -1.06. The van der Waals surface area contributed by atoms with E-state index in [1.807, 2.05) is 7.05 Å². The summed E-state index contributed by atoms with van der Waals surface area (Å²) in [5, 5.41) is 6.93. The van der Waals surface area contributed by atoms with Gasteiger partial charge in [-0.1, -0.05) is 19.1 Å². The van der Waals surface area contributed by atoms with Gasteiger partial charge in [0.1, 0.15) is 5.75 Å². The van der Waals surface area contributed by atoms with Gasteiger partial charge in [0.15, 0.2) is 5.96 Å². The normalized spacial score (nSPS) is 22.4. The third kappa shape index (κ3) is 7.61. The van der Waals surface area contributed by atoms with E-state index < -0.39 is 0 Å². The van der Waals surface area contributed by atoms with Crippen molar-refractivity contribution in [3.8, 4) is 5.75 Å². The molecule has 2 fully saturated rings. The zero-order valence-corrected chi connectivity index (χ0v) is 20.4. The molecule has 0 aromatic heterocycles. The molecule has 0 amide bonds. The summed E-state index contributed by atoms with van der Waals surface area (Å²) in [7, 11) is 1.83. The lowest BCUT2D eigenvalue weighted by Gasteiger charge is -2.18. The number of hydrogen-bond acceptors (Lipinski definition) is 4. The minimum atomic E-state index is 0. The SMILES string of the molecule is CCN1CCC(CNC(=NC)NCc2ccc(C)cc2OCC2CCOC2)C1.I. The van der Waals surface area contributed by atoms with Gasteiger partial charge in [-0.15, -0.1) is 24.0 Å². The first-order chi connectivity index (χ1) is 13.7. The van der Waals surface area contributed by atoms with Crippen LogP contribution in [-0.2, 0) is 11.3 Å².